The summed E-state index contributed by atoms with van der Waals surface area (Å²) < 4.78 is 0. The number of carbonyl (C=O) groups excluding carboxylic acids is 2. The first kappa shape index (κ1) is 24.8. The average Bonchev–Trinajstić information content (AvgIpc) is 2.76. The third-order valence-corrected chi connectivity index (χ3v) is 6.10. The number of nitrogens with zero attached hydrogens (tertiary/aromatic N) is 1. The van der Waals surface area contributed by atoms with Gasteiger partial charge in [-0.1, -0.05) is 88.9 Å². The molecule has 0 aliphatic carbocycles. The Hall–Kier alpha value is -2.82. The number of halogens is 2. The lowest BCUT2D eigenvalue weighted by Crippen LogP contribution is -2.50. The number of benzene rings is 3. The van der Waals surface area contributed by atoms with Crippen LogP contribution in [0.2, 0.25) is 10.0 Å². The average molecular weight is 483 g/mol. The van der Waals surface area contributed by atoms with Crippen molar-refractivity contribution in [2.45, 2.75) is 39.3 Å². The van der Waals surface area contributed by atoms with Crippen LogP contribution in [-0.2, 0) is 29.0 Å². The molecule has 1 atom stereocenters. The Balaban J connectivity index is 1.99. The van der Waals surface area contributed by atoms with Crippen LogP contribution in [0.25, 0.3) is 0 Å². The zero-order chi connectivity index (χ0) is 24.0. The lowest BCUT2D eigenvalue weighted by Gasteiger charge is -2.31. The number of carbonyl (C=O) groups is 2. The molecule has 3 rings (SSSR count). The fourth-order valence-corrected chi connectivity index (χ4v) is 4.47. The second kappa shape index (κ2) is 11.4. The molecule has 4 nitrogen and oxygen atoms in total. The molecule has 3 aromatic carbocycles. The van der Waals surface area contributed by atoms with Crippen molar-refractivity contribution in [3.63, 3.8) is 0 Å². The van der Waals surface area contributed by atoms with Crippen molar-refractivity contribution in [1.29, 1.82) is 0 Å². The zero-order valence-electron chi connectivity index (χ0n) is 19.1. The third-order valence-electron chi connectivity index (χ3n) is 5.51. The Bertz CT molecular complexity index is 1110. The van der Waals surface area contributed by atoms with Crippen molar-refractivity contribution in [2.75, 3.05) is 7.05 Å². The quantitative estimate of drug-likeness (QED) is 0.458. The van der Waals surface area contributed by atoms with E-state index in [-0.39, 0.29) is 24.8 Å². The van der Waals surface area contributed by atoms with Gasteiger partial charge in [-0.05, 0) is 42.7 Å². The van der Waals surface area contributed by atoms with Crippen LogP contribution in [0.5, 0.6) is 0 Å². The van der Waals surface area contributed by atoms with Crippen molar-refractivity contribution < 1.29 is 9.59 Å². The van der Waals surface area contributed by atoms with Gasteiger partial charge in [-0.2, -0.15) is 0 Å². The van der Waals surface area contributed by atoms with Gasteiger partial charge in [0, 0.05) is 30.1 Å². The summed E-state index contributed by atoms with van der Waals surface area (Å²) in [5.41, 5.74) is 4.81. The number of nitrogens with one attached hydrogen (secondary N) is 1. The molecular weight excluding hydrogens is 455 g/mol. The minimum Gasteiger partial charge on any atom is -0.357 e. The van der Waals surface area contributed by atoms with Crippen LogP contribution in [0.3, 0.4) is 0 Å². The largest absolute Gasteiger partial charge is 0.357 e. The van der Waals surface area contributed by atoms with E-state index >= 15 is 0 Å². The molecule has 0 radical (unpaired) electrons. The van der Waals surface area contributed by atoms with E-state index in [9.17, 15) is 9.59 Å². The van der Waals surface area contributed by atoms with Gasteiger partial charge in [0.1, 0.15) is 6.04 Å². The molecule has 0 spiro atoms. The Morgan fingerprint density at radius 3 is 2.18 bits per heavy atom. The maximum Gasteiger partial charge on any atom is 0.242 e. The van der Waals surface area contributed by atoms with Crippen LogP contribution in [0.1, 0.15) is 27.8 Å². The topological polar surface area (TPSA) is 49.4 Å². The van der Waals surface area contributed by atoms with Gasteiger partial charge in [0.25, 0.3) is 0 Å². The SMILES string of the molecule is CNC(=O)[C@@H](Cc1ccccc1)N(Cc1ccc(Cl)cc1Cl)C(=O)Cc1cc(C)cc(C)c1. The van der Waals surface area contributed by atoms with Gasteiger partial charge in [-0.3, -0.25) is 9.59 Å². The Morgan fingerprint density at radius 2 is 1.58 bits per heavy atom. The van der Waals surface area contributed by atoms with E-state index in [0.717, 1.165) is 27.8 Å². The number of rotatable bonds is 8. The summed E-state index contributed by atoms with van der Waals surface area (Å²) in [6, 6.07) is 20.3. The maximum absolute atomic E-state index is 13.6. The normalized spacial score (nSPS) is 11.7. The lowest BCUT2D eigenvalue weighted by atomic mass is 10.0. The standard InChI is InChI=1S/C27H28Cl2N2O2/c1-18-11-19(2)13-21(12-18)15-26(32)31(17-22-9-10-23(28)16-24(22)29)25(27(33)30-3)14-20-7-5-4-6-8-20/h4-13,16,25H,14-15,17H2,1-3H3,(H,30,33)/t25-/m1/s1. The first-order valence-corrected chi connectivity index (χ1v) is 11.6. The van der Waals surface area contributed by atoms with Crippen molar-refractivity contribution in [3.05, 3.63) is 105 Å². The van der Waals surface area contributed by atoms with Gasteiger partial charge in [0.2, 0.25) is 11.8 Å². The maximum atomic E-state index is 13.6. The Morgan fingerprint density at radius 1 is 0.909 bits per heavy atom. The van der Waals surface area contributed by atoms with E-state index in [1.54, 1.807) is 30.1 Å². The number of hydrogen-bond acceptors (Lipinski definition) is 2. The summed E-state index contributed by atoms with van der Waals surface area (Å²) in [5.74, 6) is -0.367. The van der Waals surface area contributed by atoms with Gasteiger partial charge in [-0.15, -0.1) is 0 Å². The molecule has 0 bridgehead atoms. The molecule has 0 saturated heterocycles. The summed E-state index contributed by atoms with van der Waals surface area (Å²) in [7, 11) is 1.59. The number of amides is 2. The van der Waals surface area contributed by atoms with Gasteiger partial charge < -0.3 is 10.2 Å². The first-order chi connectivity index (χ1) is 15.8. The van der Waals surface area contributed by atoms with E-state index in [1.165, 1.54) is 0 Å². The van der Waals surface area contributed by atoms with Crippen molar-refractivity contribution in [1.82, 2.24) is 10.2 Å². The highest BCUT2D eigenvalue weighted by Gasteiger charge is 2.30. The number of hydrogen-bond donors (Lipinski definition) is 1. The van der Waals surface area contributed by atoms with Gasteiger partial charge in [0.05, 0.1) is 6.42 Å². The lowest BCUT2D eigenvalue weighted by molar-refractivity contribution is -0.140. The third kappa shape index (κ3) is 6.83. The van der Waals surface area contributed by atoms with Crippen LogP contribution < -0.4 is 5.32 Å². The van der Waals surface area contributed by atoms with E-state index in [1.807, 2.05) is 56.3 Å². The van der Waals surface area contributed by atoms with E-state index in [4.69, 9.17) is 23.2 Å². The van der Waals surface area contributed by atoms with Crippen LogP contribution >= 0.6 is 23.2 Å². The molecule has 3 aromatic rings. The van der Waals surface area contributed by atoms with E-state index in [0.29, 0.717) is 16.5 Å². The van der Waals surface area contributed by atoms with E-state index < -0.39 is 6.04 Å². The second-order valence-electron chi connectivity index (χ2n) is 8.25. The predicted octanol–water partition coefficient (Wildman–Crippen LogP) is 5.54. The smallest absolute Gasteiger partial charge is 0.242 e. The highest BCUT2D eigenvalue weighted by atomic mass is 35.5. The number of likely N-dealkylation sites (N-methyl/N-ethyl adjacent to an activating group) is 1. The van der Waals surface area contributed by atoms with Crippen molar-refractivity contribution in [2.24, 2.45) is 0 Å². The molecule has 2 amide bonds. The summed E-state index contributed by atoms with van der Waals surface area (Å²) in [6.07, 6.45) is 0.584. The highest BCUT2D eigenvalue weighted by Crippen LogP contribution is 2.24. The fourth-order valence-electron chi connectivity index (χ4n) is 4.00. The van der Waals surface area contributed by atoms with Crippen molar-refractivity contribution in [3.8, 4) is 0 Å². The molecule has 6 heteroatoms. The molecule has 0 aliphatic rings. The van der Waals surface area contributed by atoms with Crippen LogP contribution in [0.4, 0.5) is 0 Å². The highest BCUT2D eigenvalue weighted by molar-refractivity contribution is 6.35. The van der Waals surface area contributed by atoms with Crippen LogP contribution in [0, 0.1) is 13.8 Å². The van der Waals surface area contributed by atoms with E-state index in [2.05, 4.69) is 11.4 Å². The zero-order valence-corrected chi connectivity index (χ0v) is 20.6. The molecule has 0 heterocycles. The minimum atomic E-state index is -0.692. The first-order valence-electron chi connectivity index (χ1n) is 10.8. The monoisotopic (exact) mass is 482 g/mol. The molecular formula is C27H28Cl2N2O2. The molecule has 0 saturated carbocycles. The van der Waals surface area contributed by atoms with Gasteiger partial charge >= 0.3 is 0 Å². The van der Waals surface area contributed by atoms with Gasteiger partial charge in [0.15, 0.2) is 0 Å². The molecule has 33 heavy (non-hydrogen) atoms. The van der Waals surface area contributed by atoms with Gasteiger partial charge in [-0.25, -0.2) is 0 Å². The fraction of sp³-hybridized carbons (Fsp3) is 0.259. The summed E-state index contributed by atoms with van der Waals surface area (Å²) in [5, 5.41) is 3.70. The molecule has 0 fully saturated rings. The second-order valence-corrected chi connectivity index (χ2v) is 9.09. The molecule has 0 unspecified atom stereocenters. The number of aryl methyl sites for hydroxylation is 2. The van der Waals surface area contributed by atoms with Crippen LogP contribution in [-0.4, -0.2) is 29.8 Å². The Labute approximate surface area is 205 Å². The summed E-state index contributed by atoms with van der Waals surface area (Å²) in [4.78, 5) is 28.3. The molecule has 0 aliphatic heterocycles. The molecule has 1 N–H and O–H groups in total. The summed E-state index contributed by atoms with van der Waals surface area (Å²) in [6.45, 7) is 4.22. The molecule has 0 aromatic heterocycles. The summed E-state index contributed by atoms with van der Waals surface area (Å²) >= 11 is 12.5. The van der Waals surface area contributed by atoms with Crippen molar-refractivity contribution >= 4 is 35.0 Å². The van der Waals surface area contributed by atoms with Crippen LogP contribution in [0.15, 0.2) is 66.7 Å². The predicted molar refractivity (Wildman–Crippen MR) is 135 cm³/mol. The minimum absolute atomic E-state index is 0.143. The Kier molecular flexibility index (Phi) is 8.54. The molecule has 172 valence electrons.